The minimum atomic E-state index is 0.0133. The largest absolute Gasteiger partial charge is 0.353 e. The number of nitrogens with zero attached hydrogens (tertiary/aromatic N) is 2. The Bertz CT molecular complexity index is 577. The molecule has 102 valence electrons. The highest BCUT2D eigenvalue weighted by atomic mass is 35.5. The van der Waals surface area contributed by atoms with E-state index < -0.39 is 0 Å². The molecular weight excluding hydrogens is 262 g/mol. The third-order valence-corrected chi connectivity index (χ3v) is 3.17. The van der Waals surface area contributed by atoms with Gasteiger partial charge in [0.25, 0.3) is 0 Å². The summed E-state index contributed by atoms with van der Waals surface area (Å²) in [5, 5.41) is 4.67. The molecular formula is C14H18ClN3O. The molecule has 19 heavy (non-hydrogen) atoms. The standard InChI is InChI=1S/C14H18ClN3O/c1-17(2)8-6-16-14(19)10-18-7-5-11-3-4-12(15)9-13(11)18/h3-5,7,9H,6,8,10H2,1-2H3,(H,16,19). The summed E-state index contributed by atoms with van der Waals surface area (Å²) in [6.45, 7) is 1.81. The van der Waals surface area contributed by atoms with Crippen LogP contribution in [0.25, 0.3) is 10.9 Å². The Morgan fingerprint density at radius 3 is 2.89 bits per heavy atom. The molecule has 4 nitrogen and oxygen atoms in total. The highest BCUT2D eigenvalue weighted by molar-refractivity contribution is 6.31. The van der Waals surface area contributed by atoms with Crippen molar-refractivity contribution in [3.8, 4) is 0 Å². The maximum Gasteiger partial charge on any atom is 0.239 e. The first-order valence-corrected chi connectivity index (χ1v) is 6.60. The zero-order valence-electron chi connectivity index (χ0n) is 11.2. The van der Waals surface area contributed by atoms with Crippen molar-refractivity contribution in [1.82, 2.24) is 14.8 Å². The minimum absolute atomic E-state index is 0.0133. The molecule has 1 amide bonds. The van der Waals surface area contributed by atoms with Gasteiger partial charge in [-0.1, -0.05) is 17.7 Å². The Balaban J connectivity index is 2.01. The van der Waals surface area contributed by atoms with E-state index in [2.05, 4.69) is 5.32 Å². The van der Waals surface area contributed by atoms with Crippen LogP contribution in [-0.2, 0) is 11.3 Å². The molecule has 1 aromatic carbocycles. The highest BCUT2D eigenvalue weighted by Gasteiger charge is 2.06. The number of hydrogen-bond acceptors (Lipinski definition) is 2. The van der Waals surface area contributed by atoms with Gasteiger partial charge in [-0.15, -0.1) is 0 Å². The van der Waals surface area contributed by atoms with Crippen molar-refractivity contribution in [2.75, 3.05) is 27.2 Å². The Labute approximate surface area is 117 Å². The van der Waals surface area contributed by atoms with Crippen molar-refractivity contribution in [2.45, 2.75) is 6.54 Å². The molecule has 5 heteroatoms. The van der Waals surface area contributed by atoms with E-state index in [0.717, 1.165) is 17.4 Å². The molecule has 0 aliphatic carbocycles. The summed E-state index contributed by atoms with van der Waals surface area (Å²) < 4.78 is 1.91. The molecule has 0 saturated heterocycles. The molecule has 0 aliphatic rings. The number of fused-ring (bicyclic) bond motifs is 1. The van der Waals surface area contributed by atoms with Gasteiger partial charge < -0.3 is 14.8 Å². The van der Waals surface area contributed by atoms with E-state index in [9.17, 15) is 4.79 Å². The Morgan fingerprint density at radius 1 is 1.37 bits per heavy atom. The van der Waals surface area contributed by atoms with Gasteiger partial charge in [0.15, 0.2) is 0 Å². The lowest BCUT2D eigenvalue weighted by Crippen LogP contribution is -2.33. The first-order valence-electron chi connectivity index (χ1n) is 6.22. The van der Waals surface area contributed by atoms with E-state index >= 15 is 0 Å². The number of benzene rings is 1. The molecule has 0 unspecified atom stereocenters. The van der Waals surface area contributed by atoms with Gasteiger partial charge >= 0.3 is 0 Å². The van der Waals surface area contributed by atoms with Crippen molar-refractivity contribution in [3.05, 3.63) is 35.5 Å². The van der Waals surface area contributed by atoms with Crippen LogP contribution in [-0.4, -0.2) is 42.6 Å². The van der Waals surface area contributed by atoms with Crippen LogP contribution in [0.1, 0.15) is 0 Å². The topological polar surface area (TPSA) is 37.3 Å². The molecule has 0 atom stereocenters. The van der Waals surface area contributed by atoms with Crippen molar-refractivity contribution >= 4 is 28.4 Å². The van der Waals surface area contributed by atoms with Crippen LogP contribution in [0.4, 0.5) is 0 Å². The summed E-state index contributed by atoms with van der Waals surface area (Å²) >= 11 is 5.98. The molecule has 1 heterocycles. The summed E-state index contributed by atoms with van der Waals surface area (Å²) in [4.78, 5) is 13.9. The molecule has 0 spiro atoms. The van der Waals surface area contributed by atoms with E-state index in [1.165, 1.54) is 0 Å². The molecule has 1 aromatic heterocycles. The molecule has 2 aromatic rings. The van der Waals surface area contributed by atoms with Crippen LogP contribution >= 0.6 is 11.6 Å². The van der Waals surface area contributed by atoms with Crippen LogP contribution in [0.5, 0.6) is 0 Å². The number of halogens is 1. The zero-order chi connectivity index (χ0) is 13.8. The quantitative estimate of drug-likeness (QED) is 0.909. The first kappa shape index (κ1) is 13.9. The number of carbonyl (C=O) groups is 1. The summed E-state index contributed by atoms with van der Waals surface area (Å²) in [5.74, 6) is 0.0133. The fourth-order valence-electron chi connectivity index (χ4n) is 1.92. The lowest BCUT2D eigenvalue weighted by molar-refractivity contribution is -0.121. The SMILES string of the molecule is CN(C)CCNC(=O)Cn1ccc2ccc(Cl)cc21. The number of aromatic nitrogens is 1. The Morgan fingerprint density at radius 2 is 2.16 bits per heavy atom. The van der Waals surface area contributed by atoms with E-state index in [-0.39, 0.29) is 5.91 Å². The predicted molar refractivity (Wildman–Crippen MR) is 78.5 cm³/mol. The van der Waals surface area contributed by atoms with Gasteiger partial charge in [0.05, 0.1) is 0 Å². The van der Waals surface area contributed by atoms with Crippen LogP contribution < -0.4 is 5.32 Å². The maximum atomic E-state index is 11.8. The Hall–Kier alpha value is -1.52. The van der Waals surface area contributed by atoms with Crippen LogP contribution in [0.15, 0.2) is 30.5 Å². The number of carbonyl (C=O) groups excluding carboxylic acids is 1. The van der Waals surface area contributed by atoms with Gasteiger partial charge in [-0.05, 0) is 37.7 Å². The number of rotatable bonds is 5. The van der Waals surface area contributed by atoms with Crippen molar-refractivity contribution < 1.29 is 4.79 Å². The monoisotopic (exact) mass is 279 g/mol. The molecule has 2 rings (SSSR count). The van der Waals surface area contributed by atoms with Gasteiger partial charge in [0.2, 0.25) is 5.91 Å². The smallest absolute Gasteiger partial charge is 0.239 e. The molecule has 1 N–H and O–H groups in total. The third kappa shape index (κ3) is 3.72. The van der Waals surface area contributed by atoms with Crippen molar-refractivity contribution in [2.24, 2.45) is 0 Å². The fourth-order valence-corrected chi connectivity index (χ4v) is 2.09. The third-order valence-electron chi connectivity index (χ3n) is 2.93. The summed E-state index contributed by atoms with van der Waals surface area (Å²) in [6, 6.07) is 7.67. The number of nitrogens with one attached hydrogen (secondary N) is 1. The second-order valence-electron chi connectivity index (χ2n) is 4.80. The van der Waals surface area contributed by atoms with E-state index in [1.54, 1.807) is 0 Å². The summed E-state index contributed by atoms with van der Waals surface area (Å²) in [5.41, 5.74) is 0.982. The van der Waals surface area contributed by atoms with Gasteiger partial charge in [-0.25, -0.2) is 0 Å². The average molecular weight is 280 g/mol. The van der Waals surface area contributed by atoms with E-state index in [4.69, 9.17) is 11.6 Å². The molecule has 0 fully saturated rings. The average Bonchev–Trinajstić information content (AvgIpc) is 2.71. The maximum absolute atomic E-state index is 11.8. The lowest BCUT2D eigenvalue weighted by atomic mass is 10.2. The number of hydrogen-bond donors (Lipinski definition) is 1. The molecule has 0 bridgehead atoms. The zero-order valence-corrected chi connectivity index (χ0v) is 11.9. The van der Waals surface area contributed by atoms with Crippen LogP contribution in [0.2, 0.25) is 5.02 Å². The van der Waals surface area contributed by atoms with Gasteiger partial charge in [-0.2, -0.15) is 0 Å². The molecule has 0 saturated carbocycles. The highest BCUT2D eigenvalue weighted by Crippen LogP contribution is 2.20. The Kier molecular flexibility index (Phi) is 4.45. The van der Waals surface area contributed by atoms with Crippen LogP contribution in [0.3, 0.4) is 0 Å². The van der Waals surface area contributed by atoms with Gasteiger partial charge in [0, 0.05) is 29.8 Å². The molecule has 0 aliphatic heterocycles. The summed E-state index contributed by atoms with van der Waals surface area (Å²) in [7, 11) is 3.96. The normalized spacial score (nSPS) is 11.2. The number of likely N-dealkylation sites (N-methyl/N-ethyl adjacent to an activating group) is 1. The lowest BCUT2D eigenvalue weighted by Gasteiger charge is -2.11. The van der Waals surface area contributed by atoms with Crippen molar-refractivity contribution in [3.63, 3.8) is 0 Å². The van der Waals surface area contributed by atoms with Crippen LogP contribution in [0, 0.1) is 0 Å². The second-order valence-corrected chi connectivity index (χ2v) is 5.24. The summed E-state index contributed by atoms with van der Waals surface area (Å²) in [6.07, 6.45) is 1.91. The van der Waals surface area contributed by atoms with Crippen molar-refractivity contribution in [1.29, 1.82) is 0 Å². The second kappa shape index (κ2) is 6.08. The van der Waals surface area contributed by atoms with E-state index in [1.807, 2.05) is 54.0 Å². The number of amides is 1. The minimum Gasteiger partial charge on any atom is -0.353 e. The predicted octanol–water partition coefficient (Wildman–Crippen LogP) is 1.97. The van der Waals surface area contributed by atoms with Gasteiger partial charge in [0.1, 0.15) is 6.54 Å². The van der Waals surface area contributed by atoms with Gasteiger partial charge in [-0.3, -0.25) is 4.79 Å². The first-order chi connectivity index (χ1) is 9.06. The van der Waals surface area contributed by atoms with E-state index in [0.29, 0.717) is 18.1 Å². The molecule has 0 radical (unpaired) electrons. The fraction of sp³-hybridized carbons (Fsp3) is 0.357.